The van der Waals surface area contributed by atoms with Crippen molar-refractivity contribution in [1.29, 1.82) is 0 Å². The zero-order chi connectivity index (χ0) is 22.1. The molecule has 0 aliphatic rings. The summed E-state index contributed by atoms with van der Waals surface area (Å²) in [5, 5.41) is 18.7. The lowest BCUT2D eigenvalue weighted by Gasteiger charge is -2.08. The van der Waals surface area contributed by atoms with Crippen LogP contribution in [0.2, 0.25) is 0 Å². The summed E-state index contributed by atoms with van der Waals surface area (Å²) in [5.41, 5.74) is -2.05. The van der Waals surface area contributed by atoms with E-state index in [0.29, 0.717) is 0 Å². The van der Waals surface area contributed by atoms with Gasteiger partial charge in [-0.2, -0.15) is 0 Å². The van der Waals surface area contributed by atoms with Crippen LogP contribution in [0.1, 0.15) is 42.0 Å². The number of fused-ring (bicyclic) bond motifs is 2. The van der Waals surface area contributed by atoms with Crippen LogP contribution in [-0.2, 0) is 4.74 Å². The summed E-state index contributed by atoms with van der Waals surface area (Å²) in [6, 6.07) is 12.4. The van der Waals surface area contributed by atoms with Gasteiger partial charge in [0.05, 0.1) is 22.1 Å². The van der Waals surface area contributed by atoms with E-state index in [-0.39, 0.29) is 22.1 Å². The average Bonchev–Trinajstić information content (AvgIpc) is 2.77. The molecule has 152 valence electrons. The number of rotatable bonds is 4. The number of carbonyl (C=O) groups is 4. The molecule has 11 nitrogen and oxygen atoms in total. The third-order valence-corrected chi connectivity index (χ3v) is 4.12. The van der Waals surface area contributed by atoms with Crippen molar-refractivity contribution < 1.29 is 34.1 Å². The fourth-order valence-electron chi connectivity index (χ4n) is 2.76. The molecule has 0 aliphatic carbocycles. The van der Waals surface area contributed by atoms with Crippen molar-refractivity contribution in [2.24, 2.45) is 0 Å². The summed E-state index contributed by atoms with van der Waals surface area (Å²) in [5.74, 6) is -5.97. The van der Waals surface area contributed by atoms with Crippen molar-refractivity contribution >= 4 is 45.9 Å². The number of hydrogen-bond acceptors (Lipinski definition) is 9. The Hall–Kier alpha value is -4.80. The first-order chi connectivity index (χ1) is 14.8. The lowest BCUT2D eigenvalue weighted by molar-refractivity contribution is 0.0377. The van der Waals surface area contributed by atoms with Crippen molar-refractivity contribution in [3.05, 3.63) is 71.3 Å². The van der Waals surface area contributed by atoms with Gasteiger partial charge in [0.25, 0.3) is 0 Å². The standard InChI is InChI=1S/C20H10N4O7/c25-17(26)13-15(23-11-7-3-1-5-9(11)21-13)19(29)31-20(30)16-14(18(27)28)22-10-6-2-4-8-12(10)24-16/h1-8H,(H,25,26)(H,27,28). The maximum absolute atomic E-state index is 12.5. The molecule has 0 amide bonds. The SMILES string of the molecule is O=C(O)c1nc2ccccc2nc1C(=O)OC(=O)c1nc2ccccc2nc1C(=O)O. The Kier molecular flexibility index (Phi) is 4.76. The van der Waals surface area contributed by atoms with Gasteiger partial charge in [0.1, 0.15) is 0 Å². The number of para-hydroxylation sites is 4. The quantitative estimate of drug-likeness (QED) is 0.367. The van der Waals surface area contributed by atoms with Gasteiger partial charge in [0.15, 0.2) is 22.8 Å². The molecular formula is C20H10N4O7. The topological polar surface area (TPSA) is 170 Å². The summed E-state index contributed by atoms with van der Waals surface area (Å²) in [4.78, 5) is 63.7. The number of carbonyl (C=O) groups excluding carboxylic acids is 2. The summed E-state index contributed by atoms with van der Waals surface area (Å²) in [6.45, 7) is 0. The predicted octanol–water partition coefficient (Wildman–Crippen LogP) is 1.97. The van der Waals surface area contributed by atoms with Crippen molar-refractivity contribution in [2.45, 2.75) is 0 Å². The first-order valence-electron chi connectivity index (χ1n) is 8.62. The Morgan fingerprint density at radius 2 is 0.839 bits per heavy atom. The third kappa shape index (κ3) is 3.62. The lowest BCUT2D eigenvalue weighted by atomic mass is 10.2. The van der Waals surface area contributed by atoms with E-state index in [1.54, 1.807) is 24.3 Å². The molecule has 0 radical (unpaired) electrons. The summed E-state index contributed by atoms with van der Waals surface area (Å²) in [7, 11) is 0. The number of benzene rings is 2. The van der Waals surface area contributed by atoms with Crippen LogP contribution >= 0.6 is 0 Å². The van der Waals surface area contributed by atoms with Crippen LogP contribution in [0, 0.1) is 0 Å². The third-order valence-electron chi connectivity index (χ3n) is 4.12. The van der Waals surface area contributed by atoms with E-state index >= 15 is 0 Å². The number of hydrogen-bond donors (Lipinski definition) is 2. The molecule has 31 heavy (non-hydrogen) atoms. The van der Waals surface area contributed by atoms with Gasteiger partial charge in [-0.25, -0.2) is 39.1 Å². The molecule has 4 rings (SSSR count). The fraction of sp³-hybridized carbons (Fsp3) is 0. The second-order valence-corrected chi connectivity index (χ2v) is 6.11. The molecule has 2 heterocycles. The molecule has 0 atom stereocenters. The Balaban J connectivity index is 1.75. The number of aromatic carboxylic acids is 2. The molecule has 0 spiro atoms. The van der Waals surface area contributed by atoms with Gasteiger partial charge in [-0.1, -0.05) is 24.3 Å². The van der Waals surface area contributed by atoms with Gasteiger partial charge >= 0.3 is 23.9 Å². The van der Waals surface area contributed by atoms with Gasteiger partial charge in [-0.15, -0.1) is 0 Å². The second kappa shape index (κ2) is 7.55. The van der Waals surface area contributed by atoms with Crippen molar-refractivity contribution in [1.82, 2.24) is 19.9 Å². The zero-order valence-electron chi connectivity index (χ0n) is 15.3. The van der Waals surface area contributed by atoms with Crippen LogP contribution < -0.4 is 0 Å². The first-order valence-corrected chi connectivity index (χ1v) is 8.62. The van der Waals surface area contributed by atoms with Crippen LogP contribution in [0.15, 0.2) is 48.5 Å². The molecule has 2 aromatic carbocycles. The average molecular weight is 418 g/mol. The monoisotopic (exact) mass is 418 g/mol. The van der Waals surface area contributed by atoms with Crippen LogP contribution in [0.25, 0.3) is 22.1 Å². The van der Waals surface area contributed by atoms with Crippen molar-refractivity contribution in [3.8, 4) is 0 Å². The maximum Gasteiger partial charge on any atom is 0.367 e. The van der Waals surface area contributed by atoms with Crippen LogP contribution in [0.4, 0.5) is 0 Å². The van der Waals surface area contributed by atoms with E-state index in [2.05, 4.69) is 19.9 Å². The Labute approximate surface area is 172 Å². The summed E-state index contributed by atoms with van der Waals surface area (Å²) < 4.78 is 4.69. The van der Waals surface area contributed by atoms with Crippen LogP contribution in [0.3, 0.4) is 0 Å². The normalized spacial score (nSPS) is 10.7. The van der Waals surface area contributed by atoms with E-state index in [1.807, 2.05) is 0 Å². The number of esters is 2. The minimum Gasteiger partial charge on any atom is -0.476 e. The van der Waals surface area contributed by atoms with E-state index in [4.69, 9.17) is 4.74 Å². The molecular weight excluding hydrogens is 408 g/mol. The molecule has 0 saturated heterocycles. The summed E-state index contributed by atoms with van der Waals surface area (Å²) in [6.07, 6.45) is 0. The van der Waals surface area contributed by atoms with E-state index in [1.165, 1.54) is 24.3 Å². The van der Waals surface area contributed by atoms with Gasteiger partial charge < -0.3 is 14.9 Å². The smallest absolute Gasteiger partial charge is 0.367 e. The molecule has 2 N–H and O–H groups in total. The zero-order valence-corrected chi connectivity index (χ0v) is 15.3. The molecule has 4 aromatic rings. The molecule has 0 fully saturated rings. The predicted molar refractivity (Wildman–Crippen MR) is 103 cm³/mol. The van der Waals surface area contributed by atoms with Gasteiger partial charge in [0, 0.05) is 0 Å². The highest BCUT2D eigenvalue weighted by molar-refractivity contribution is 6.09. The van der Waals surface area contributed by atoms with Crippen molar-refractivity contribution in [3.63, 3.8) is 0 Å². The lowest BCUT2D eigenvalue weighted by Crippen LogP contribution is -2.22. The number of ether oxygens (including phenoxy) is 1. The van der Waals surface area contributed by atoms with Crippen LogP contribution in [0.5, 0.6) is 0 Å². The fourth-order valence-corrected chi connectivity index (χ4v) is 2.76. The highest BCUT2D eigenvalue weighted by Gasteiger charge is 2.29. The second-order valence-electron chi connectivity index (χ2n) is 6.11. The molecule has 0 unspecified atom stereocenters. The highest BCUT2D eigenvalue weighted by Crippen LogP contribution is 2.17. The molecule has 0 bridgehead atoms. The Bertz CT molecular complexity index is 1310. The van der Waals surface area contributed by atoms with E-state index in [0.717, 1.165) is 0 Å². The Morgan fingerprint density at radius 1 is 0.548 bits per heavy atom. The van der Waals surface area contributed by atoms with Gasteiger partial charge in [0.2, 0.25) is 0 Å². The van der Waals surface area contributed by atoms with E-state index in [9.17, 15) is 29.4 Å². The van der Waals surface area contributed by atoms with Gasteiger partial charge in [-0.3, -0.25) is 0 Å². The largest absolute Gasteiger partial charge is 0.476 e. The minimum atomic E-state index is -1.56. The first kappa shape index (κ1) is 19.5. The highest BCUT2D eigenvalue weighted by atomic mass is 16.6. The maximum atomic E-state index is 12.5. The van der Waals surface area contributed by atoms with Gasteiger partial charge in [-0.05, 0) is 24.3 Å². The molecule has 0 saturated carbocycles. The molecule has 0 aliphatic heterocycles. The molecule has 11 heteroatoms. The number of aromatic nitrogens is 4. The molecule has 2 aromatic heterocycles. The number of carboxylic acid groups (broad SMARTS) is 2. The van der Waals surface area contributed by atoms with E-state index < -0.39 is 46.7 Å². The number of nitrogens with zero attached hydrogens (tertiary/aromatic N) is 4. The van der Waals surface area contributed by atoms with Crippen LogP contribution in [-0.4, -0.2) is 54.0 Å². The minimum absolute atomic E-state index is 0.198. The Morgan fingerprint density at radius 3 is 1.13 bits per heavy atom. The van der Waals surface area contributed by atoms with Crippen molar-refractivity contribution in [2.75, 3.05) is 0 Å². The summed E-state index contributed by atoms with van der Waals surface area (Å²) >= 11 is 0. The number of carboxylic acids is 2.